The largest absolute Gasteiger partial charge is 0.478 e. The van der Waals surface area contributed by atoms with Gasteiger partial charge in [-0.1, -0.05) is 12.1 Å². The Morgan fingerprint density at radius 1 is 0.955 bits per heavy atom. The Morgan fingerprint density at radius 3 is 2.27 bits per heavy atom. The number of urea groups is 1. The Morgan fingerprint density at radius 2 is 1.59 bits per heavy atom. The van der Waals surface area contributed by atoms with Crippen LogP contribution in [0.15, 0.2) is 24.3 Å². The average Bonchev–Trinajstić information content (AvgIpc) is 2.45. The van der Waals surface area contributed by atoms with Crippen molar-refractivity contribution in [1.29, 1.82) is 0 Å². The molecule has 0 aliphatic heterocycles. The van der Waals surface area contributed by atoms with E-state index in [9.17, 15) is 9.59 Å². The van der Waals surface area contributed by atoms with E-state index in [4.69, 9.17) is 5.11 Å². The molecule has 2 amide bonds. The van der Waals surface area contributed by atoms with Gasteiger partial charge in [0.15, 0.2) is 5.82 Å². The van der Waals surface area contributed by atoms with Crippen LogP contribution >= 0.6 is 0 Å². The summed E-state index contributed by atoms with van der Waals surface area (Å²) in [6.45, 7) is 5.37. The number of carboxylic acids is 1. The molecule has 114 valence electrons. The predicted molar refractivity (Wildman–Crippen MR) is 82.3 cm³/mol. The number of carbonyl (C=O) groups excluding carboxylic acids is 1. The zero-order chi connectivity index (χ0) is 16.3. The van der Waals surface area contributed by atoms with Crippen molar-refractivity contribution in [2.45, 2.75) is 20.8 Å². The summed E-state index contributed by atoms with van der Waals surface area (Å²) in [5.74, 6) is -0.772. The van der Waals surface area contributed by atoms with Crippen LogP contribution in [0.3, 0.4) is 0 Å². The molecule has 0 fully saturated rings. The van der Waals surface area contributed by atoms with Gasteiger partial charge in [-0.2, -0.15) is 0 Å². The molecule has 3 N–H and O–H groups in total. The minimum absolute atomic E-state index is 0.0144. The molecule has 22 heavy (non-hydrogen) atoms. The molecule has 1 aromatic heterocycles. The number of anilines is 2. The second-order valence-electron chi connectivity index (χ2n) is 4.76. The minimum atomic E-state index is -1.11. The molecule has 0 bridgehead atoms. The monoisotopic (exact) mass is 300 g/mol. The summed E-state index contributed by atoms with van der Waals surface area (Å²) in [7, 11) is 0. The first-order valence-corrected chi connectivity index (χ1v) is 6.60. The lowest BCUT2D eigenvalue weighted by Crippen LogP contribution is -2.22. The number of nitrogens with zero attached hydrogens (tertiary/aromatic N) is 2. The van der Waals surface area contributed by atoms with E-state index in [-0.39, 0.29) is 11.3 Å². The molecule has 1 heterocycles. The number of aryl methyl sites for hydroxylation is 3. The van der Waals surface area contributed by atoms with Gasteiger partial charge in [-0.15, -0.1) is 0 Å². The lowest BCUT2D eigenvalue weighted by atomic mass is 10.2. The number of aromatic nitrogens is 2. The number of carbonyl (C=O) groups is 2. The van der Waals surface area contributed by atoms with Crippen LogP contribution in [0.5, 0.6) is 0 Å². The highest BCUT2D eigenvalue weighted by Crippen LogP contribution is 2.16. The molecule has 1 aromatic carbocycles. The van der Waals surface area contributed by atoms with Crippen molar-refractivity contribution < 1.29 is 14.7 Å². The van der Waals surface area contributed by atoms with Crippen LogP contribution in [0.2, 0.25) is 0 Å². The lowest BCUT2D eigenvalue weighted by Gasteiger charge is -2.11. The van der Waals surface area contributed by atoms with Crippen LogP contribution in [-0.2, 0) is 0 Å². The van der Waals surface area contributed by atoms with E-state index in [1.54, 1.807) is 26.0 Å². The summed E-state index contributed by atoms with van der Waals surface area (Å²) in [4.78, 5) is 31.7. The fraction of sp³-hybridized carbons (Fsp3) is 0.200. The van der Waals surface area contributed by atoms with Gasteiger partial charge < -0.3 is 10.4 Å². The highest BCUT2D eigenvalue weighted by atomic mass is 16.4. The highest BCUT2D eigenvalue weighted by Gasteiger charge is 2.13. The van der Waals surface area contributed by atoms with Gasteiger partial charge in [0.2, 0.25) is 0 Å². The molecule has 0 atom stereocenters. The number of amides is 2. The van der Waals surface area contributed by atoms with Gasteiger partial charge in [-0.25, -0.2) is 14.6 Å². The summed E-state index contributed by atoms with van der Waals surface area (Å²) >= 11 is 0. The van der Waals surface area contributed by atoms with Crippen molar-refractivity contribution >= 4 is 23.5 Å². The van der Waals surface area contributed by atoms with Crippen LogP contribution in [0.25, 0.3) is 0 Å². The molecular formula is C15H16N4O3. The van der Waals surface area contributed by atoms with E-state index < -0.39 is 12.0 Å². The predicted octanol–water partition coefficient (Wildman–Crippen LogP) is 2.74. The molecule has 0 saturated heterocycles. The summed E-state index contributed by atoms with van der Waals surface area (Å²) in [6, 6.07) is 5.59. The number of hydrogen-bond donors (Lipinski definition) is 3. The molecular weight excluding hydrogens is 284 g/mol. The van der Waals surface area contributed by atoms with Crippen molar-refractivity contribution in [3.8, 4) is 0 Å². The molecule has 7 heteroatoms. The van der Waals surface area contributed by atoms with Crippen molar-refractivity contribution in [2.75, 3.05) is 10.6 Å². The zero-order valence-corrected chi connectivity index (χ0v) is 12.5. The number of hydrogen-bond acceptors (Lipinski definition) is 4. The van der Waals surface area contributed by atoms with Gasteiger partial charge in [0.05, 0.1) is 28.3 Å². The zero-order valence-electron chi connectivity index (χ0n) is 12.5. The quantitative estimate of drug-likeness (QED) is 0.808. The van der Waals surface area contributed by atoms with Crippen LogP contribution < -0.4 is 10.6 Å². The minimum Gasteiger partial charge on any atom is -0.478 e. The Kier molecular flexibility index (Phi) is 4.36. The van der Waals surface area contributed by atoms with Gasteiger partial charge in [0, 0.05) is 0 Å². The van der Waals surface area contributed by atoms with Gasteiger partial charge in [0.25, 0.3) is 0 Å². The number of para-hydroxylation sites is 1. The molecule has 0 aliphatic carbocycles. The maximum Gasteiger partial charge on any atom is 0.337 e. The standard InChI is InChI=1S/C15H16N4O3/c1-8-9(2)17-13(10(3)16-8)19-15(22)18-12-7-5-4-6-11(12)14(20)21/h4-7H,1-3H3,(H,20,21)(H2,17,18,19,22). The fourth-order valence-electron chi connectivity index (χ4n) is 1.87. The molecule has 0 radical (unpaired) electrons. The molecule has 0 saturated carbocycles. The van der Waals surface area contributed by atoms with Gasteiger partial charge in [-0.05, 0) is 32.9 Å². The van der Waals surface area contributed by atoms with Crippen molar-refractivity contribution in [3.63, 3.8) is 0 Å². The van der Waals surface area contributed by atoms with E-state index in [1.165, 1.54) is 12.1 Å². The third-order valence-corrected chi connectivity index (χ3v) is 3.12. The lowest BCUT2D eigenvalue weighted by molar-refractivity contribution is 0.0698. The number of benzene rings is 1. The smallest absolute Gasteiger partial charge is 0.337 e. The van der Waals surface area contributed by atoms with E-state index in [2.05, 4.69) is 20.6 Å². The van der Waals surface area contributed by atoms with Crippen LogP contribution in [0.4, 0.5) is 16.3 Å². The SMILES string of the molecule is Cc1nc(C)c(NC(=O)Nc2ccccc2C(=O)O)nc1C. The Hall–Kier alpha value is -2.96. The van der Waals surface area contributed by atoms with E-state index >= 15 is 0 Å². The van der Waals surface area contributed by atoms with Gasteiger partial charge >= 0.3 is 12.0 Å². The van der Waals surface area contributed by atoms with E-state index in [0.717, 1.165) is 5.69 Å². The third kappa shape index (κ3) is 3.38. The molecule has 7 nitrogen and oxygen atoms in total. The van der Waals surface area contributed by atoms with E-state index in [0.29, 0.717) is 17.2 Å². The van der Waals surface area contributed by atoms with E-state index in [1.807, 2.05) is 6.92 Å². The summed E-state index contributed by atoms with van der Waals surface area (Å²) in [5.41, 5.74) is 2.32. The second kappa shape index (κ2) is 6.21. The number of aromatic carboxylic acids is 1. The van der Waals surface area contributed by atoms with Crippen molar-refractivity contribution in [2.24, 2.45) is 0 Å². The summed E-state index contributed by atoms with van der Waals surface area (Å²) in [6.07, 6.45) is 0. The normalized spacial score (nSPS) is 10.1. The summed E-state index contributed by atoms with van der Waals surface area (Å²) in [5, 5.41) is 14.2. The Bertz CT molecular complexity index is 744. The second-order valence-corrected chi connectivity index (χ2v) is 4.76. The van der Waals surface area contributed by atoms with Gasteiger partial charge in [0.1, 0.15) is 0 Å². The topological polar surface area (TPSA) is 104 Å². The first-order chi connectivity index (χ1) is 10.4. The average molecular weight is 300 g/mol. The number of rotatable bonds is 3. The van der Waals surface area contributed by atoms with Crippen molar-refractivity contribution in [1.82, 2.24) is 9.97 Å². The molecule has 0 spiro atoms. The Labute approximate surface area is 127 Å². The molecule has 2 aromatic rings. The van der Waals surface area contributed by atoms with Crippen LogP contribution in [0, 0.1) is 20.8 Å². The molecule has 2 rings (SSSR count). The highest BCUT2D eigenvalue weighted by molar-refractivity contribution is 6.04. The number of carboxylic acid groups (broad SMARTS) is 1. The van der Waals surface area contributed by atoms with Crippen molar-refractivity contribution in [3.05, 3.63) is 46.9 Å². The summed E-state index contributed by atoms with van der Waals surface area (Å²) < 4.78 is 0. The Balaban J connectivity index is 2.18. The van der Waals surface area contributed by atoms with Crippen LogP contribution in [-0.4, -0.2) is 27.1 Å². The fourth-order valence-corrected chi connectivity index (χ4v) is 1.87. The van der Waals surface area contributed by atoms with Gasteiger partial charge in [-0.3, -0.25) is 10.3 Å². The first kappa shape index (κ1) is 15.4. The maximum atomic E-state index is 12.0. The molecule has 0 unspecified atom stereocenters. The third-order valence-electron chi connectivity index (χ3n) is 3.12. The van der Waals surface area contributed by atoms with Crippen LogP contribution in [0.1, 0.15) is 27.4 Å². The first-order valence-electron chi connectivity index (χ1n) is 6.60. The number of nitrogens with one attached hydrogen (secondary N) is 2. The molecule has 0 aliphatic rings. The maximum absolute atomic E-state index is 12.0.